The summed E-state index contributed by atoms with van der Waals surface area (Å²) in [5.74, 6) is -1.66. The molecule has 0 amide bonds. The Kier molecular flexibility index (Phi) is 5.56. The molecular weight excluding hydrogens is 431 g/mol. The molecule has 30 heavy (non-hydrogen) atoms. The maximum atomic E-state index is 14.2. The number of hydrogen-bond donors (Lipinski definition) is 1. The predicted molar refractivity (Wildman–Crippen MR) is 97.3 cm³/mol. The van der Waals surface area contributed by atoms with E-state index in [9.17, 15) is 26.5 Å². The van der Waals surface area contributed by atoms with Gasteiger partial charge in [-0.1, -0.05) is 4.09 Å². The summed E-state index contributed by atoms with van der Waals surface area (Å²) < 4.78 is 87.3. The molecule has 4 rings (SSSR count). The number of hydrogen-bond acceptors (Lipinski definition) is 5. The van der Waals surface area contributed by atoms with Gasteiger partial charge in [-0.3, -0.25) is 4.90 Å². The zero-order valence-corrected chi connectivity index (χ0v) is 16.6. The highest BCUT2D eigenvalue weighted by Gasteiger charge is 2.54. The summed E-state index contributed by atoms with van der Waals surface area (Å²) in [5, 5.41) is 4.16. The SMILES string of the molecule is C[S+]([O-])n1cc2c(n1)CN(C1CC(N)[C@@H](c3cc(F)ccc3F)OC1C(F)(F)F)C2. The number of ether oxygens (including phenoxy) is 1. The van der Waals surface area contributed by atoms with Gasteiger partial charge >= 0.3 is 6.18 Å². The summed E-state index contributed by atoms with van der Waals surface area (Å²) in [5.41, 5.74) is 6.96. The van der Waals surface area contributed by atoms with Gasteiger partial charge in [-0.15, -0.1) is 5.10 Å². The number of aromatic nitrogens is 2. The summed E-state index contributed by atoms with van der Waals surface area (Å²) in [7, 11) is 0. The van der Waals surface area contributed by atoms with Gasteiger partial charge in [-0.25, -0.2) is 8.78 Å². The number of rotatable bonds is 3. The van der Waals surface area contributed by atoms with E-state index in [2.05, 4.69) is 5.10 Å². The highest BCUT2D eigenvalue weighted by molar-refractivity contribution is 7.89. The maximum absolute atomic E-state index is 14.2. The van der Waals surface area contributed by atoms with E-state index in [1.54, 1.807) is 11.1 Å². The van der Waals surface area contributed by atoms with E-state index in [0.29, 0.717) is 11.3 Å². The van der Waals surface area contributed by atoms with E-state index < -0.39 is 53.5 Å². The van der Waals surface area contributed by atoms with Crippen molar-refractivity contribution in [2.24, 2.45) is 5.73 Å². The maximum Gasteiger partial charge on any atom is 0.416 e. The van der Waals surface area contributed by atoms with Gasteiger partial charge in [0, 0.05) is 36.3 Å². The molecule has 2 aromatic rings. The third-order valence-electron chi connectivity index (χ3n) is 5.45. The minimum atomic E-state index is -4.74. The van der Waals surface area contributed by atoms with Gasteiger partial charge < -0.3 is 15.0 Å². The Morgan fingerprint density at radius 2 is 2.00 bits per heavy atom. The van der Waals surface area contributed by atoms with Crippen LogP contribution in [0.4, 0.5) is 22.0 Å². The number of benzene rings is 1. The van der Waals surface area contributed by atoms with Gasteiger partial charge in [-0.2, -0.15) is 13.2 Å². The molecule has 2 N–H and O–H groups in total. The molecule has 1 fully saturated rings. The van der Waals surface area contributed by atoms with Crippen molar-refractivity contribution in [3.05, 3.63) is 52.9 Å². The molecular formula is C18H19F5N4O2S. The predicted octanol–water partition coefficient (Wildman–Crippen LogP) is 2.41. The average Bonchev–Trinajstić information content (AvgIpc) is 3.22. The van der Waals surface area contributed by atoms with Crippen LogP contribution in [0.25, 0.3) is 0 Å². The van der Waals surface area contributed by atoms with Gasteiger partial charge in [0.05, 0.1) is 23.3 Å². The molecule has 5 atom stereocenters. The van der Waals surface area contributed by atoms with E-state index in [-0.39, 0.29) is 25.1 Å². The molecule has 0 radical (unpaired) electrons. The van der Waals surface area contributed by atoms with Crippen molar-refractivity contribution in [2.45, 2.75) is 50.0 Å². The number of fused-ring (bicyclic) bond motifs is 1. The van der Waals surface area contributed by atoms with Crippen LogP contribution in [0, 0.1) is 11.6 Å². The molecule has 12 heteroatoms. The Morgan fingerprint density at radius 3 is 2.63 bits per heavy atom. The summed E-state index contributed by atoms with van der Waals surface area (Å²) in [6, 6.07) is 0.433. The van der Waals surface area contributed by atoms with E-state index in [1.807, 2.05) is 0 Å². The van der Waals surface area contributed by atoms with Crippen LogP contribution in [0.1, 0.15) is 29.3 Å². The lowest BCUT2D eigenvalue weighted by atomic mass is 9.89. The Balaban J connectivity index is 1.59. The van der Waals surface area contributed by atoms with Gasteiger partial charge in [0.1, 0.15) is 24.0 Å². The van der Waals surface area contributed by atoms with Crippen LogP contribution >= 0.6 is 0 Å². The highest BCUT2D eigenvalue weighted by atomic mass is 32.2. The quantitative estimate of drug-likeness (QED) is 0.574. The van der Waals surface area contributed by atoms with E-state index in [4.69, 9.17) is 10.5 Å². The monoisotopic (exact) mass is 450 g/mol. The van der Waals surface area contributed by atoms with Gasteiger partial charge in [0.2, 0.25) is 0 Å². The topological polar surface area (TPSA) is 79.4 Å². The fourth-order valence-electron chi connectivity index (χ4n) is 4.07. The first-order valence-corrected chi connectivity index (χ1v) is 10.6. The number of nitrogens with two attached hydrogens (primary N) is 1. The first kappa shape index (κ1) is 21.5. The van der Waals surface area contributed by atoms with E-state index in [0.717, 1.165) is 18.2 Å². The van der Waals surface area contributed by atoms with Crippen LogP contribution in [0.15, 0.2) is 24.4 Å². The zero-order chi connectivity index (χ0) is 21.8. The smallest absolute Gasteiger partial charge is 0.416 e. The zero-order valence-electron chi connectivity index (χ0n) is 15.8. The second-order valence-electron chi connectivity index (χ2n) is 7.48. The number of nitrogens with zero attached hydrogens (tertiary/aromatic N) is 3. The minimum absolute atomic E-state index is 0.117. The molecule has 2 aliphatic heterocycles. The lowest BCUT2D eigenvalue weighted by molar-refractivity contribution is -0.269. The summed E-state index contributed by atoms with van der Waals surface area (Å²) in [6.07, 6.45) is -5.55. The van der Waals surface area contributed by atoms with Crippen molar-refractivity contribution in [1.29, 1.82) is 0 Å². The van der Waals surface area contributed by atoms with Crippen molar-refractivity contribution in [3.63, 3.8) is 0 Å². The van der Waals surface area contributed by atoms with Crippen LogP contribution in [0.2, 0.25) is 0 Å². The second-order valence-corrected chi connectivity index (χ2v) is 8.71. The fraction of sp³-hybridized carbons (Fsp3) is 0.500. The second kappa shape index (κ2) is 7.75. The Hall–Kier alpha value is -1.73. The number of halogens is 5. The molecule has 0 bridgehead atoms. The Morgan fingerprint density at radius 1 is 1.27 bits per heavy atom. The number of alkyl halides is 3. The normalized spacial score (nSPS) is 28.5. The molecule has 6 nitrogen and oxygen atoms in total. The Labute approximate surface area is 172 Å². The third-order valence-corrected chi connectivity index (χ3v) is 6.16. The molecule has 0 spiro atoms. The van der Waals surface area contributed by atoms with Crippen LogP contribution in [-0.4, -0.2) is 49.3 Å². The summed E-state index contributed by atoms with van der Waals surface area (Å²) in [4.78, 5) is 1.55. The summed E-state index contributed by atoms with van der Waals surface area (Å²) >= 11 is -1.36. The highest BCUT2D eigenvalue weighted by Crippen LogP contribution is 2.42. The largest absolute Gasteiger partial charge is 0.592 e. The molecule has 1 saturated heterocycles. The van der Waals surface area contributed by atoms with Crippen molar-refractivity contribution >= 4 is 11.4 Å². The van der Waals surface area contributed by atoms with Gasteiger partial charge in [0.25, 0.3) is 0 Å². The van der Waals surface area contributed by atoms with Crippen molar-refractivity contribution in [2.75, 3.05) is 6.26 Å². The molecule has 1 aromatic carbocycles. The average molecular weight is 450 g/mol. The molecule has 0 saturated carbocycles. The van der Waals surface area contributed by atoms with Crippen molar-refractivity contribution in [3.8, 4) is 0 Å². The van der Waals surface area contributed by atoms with E-state index >= 15 is 0 Å². The van der Waals surface area contributed by atoms with Crippen LogP contribution in [-0.2, 0) is 29.2 Å². The lowest BCUT2D eigenvalue weighted by Crippen LogP contribution is -2.58. The van der Waals surface area contributed by atoms with Crippen LogP contribution in [0.3, 0.4) is 0 Å². The van der Waals surface area contributed by atoms with Crippen molar-refractivity contribution in [1.82, 2.24) is 14.1 Å². The van der Waals surface area contributed by atoms with Gasteiger partial charge in [0.15, 0.2) is 6.10 Å². The third kappa shape index (κ3) is 3.94. The first-order chi connectivity index (χ1) is 14.0. The van der Waals surface area contributed by atoms with Gasteiger partial charge in [-0.05, 0) is 24.6 Å². The molecule has 0 aliphatic carbocycles. The molecule has 3 heterocycles. The lowest BCUT2D eigenvalue weighted by Gasteiger charge is -2.44. The summed E-state index contributed by atoms with van der Waals surface area (Å²) in [6.45, 7) is 0.282. The Bertz CT molecular complexity index is 914. The molecule has 2 aliphatic rings. The minimum Gasteiger partial charge on any atom is -0.592 e. The van der Waals surface area contributed by atoms with Crippen LogP contribution < -0.4 is 5.73 Å². The van der Waals surface area contributed by atoms with Crippen LogP contribution in [0.5, 0.6) is 0 Å². The standard InChI is InChI=1S/C18H19F5N4O2S/c1-30(28)27-7-9-6-26(8-14(9)25-27)15-5-13(24)16(29-17(15)18(21,22)23)11-4-10(19)2-3-12(11)20/h2-4,7,13,15-17H,5-6,8,24H2,1H3/t13?,15?,16-,17?,30?/m1/s1. The molecule has 1 aromatic heterocycles. The molecule has 164 valence electrons. The van der Waals surface area contributed by atoms with Crippen molar-refractivity contribution < 1.29 is 31.2 Å². The fourth-order valence-corrected chi connectivity index (χ4v) is 4.56. The first-order valence-electron chi connectivity index (χ1n) is 9.12. The van der Waals surface area contributed by atoms with E-state index in [1.165, 1.54) is 10.3 Å². The molecule has 4 unspecified atom stereocenters.